The Hall–Kier alpha value is -3.66. The van der Waals surface area contributed by atoms with Crippen molar-refractivity contribution in [3.8, 4) is 16.9 Å². The maximum atomic E-state index is 12.3. The summed E-state index contributed by atoms with van der Waals surface area (Å²) < 4.78 is 5.41. The third kappa shape index (κ3) is 3.80. The lowest BCUT2D eigenvalue weighted by Crippen LogP contribution is -2.05. The SMILES string of the molecule is O=C(OCc1cnc2ccccc2c1)c1ccc(-c2ccc(O)cc2)cc1. The number of pyridine rings is 1. The average Bonchev–Trinajstić information content (AvgIpc) is 2.72. The standard InChI is InChI=1S/C23H17NO3/c25-21-11-9-18(10-12-21)17-5-7-19(8-6-17)23(26)27-15-16-13-20-3-1-2-4-22(20)24-14-16/h1-14,25H,15H2. The highest BCUT2D eigenvalue weighted by Crippen LogP contribution is 2.22. The number of carbonyl (C=O) groups is 1. The number of ether oxygens (including phenoxy) is 1. The molecule has 0 bridgehead atoms. The highest BCUT2D eigenvalue weighted by Gasteiger charge is 2.08. The molecule has 0 atom stereocenters. The molecule has 0 fully saturated rings. The summed E-state index contributed by atoms with van der Waals surface area (Å²) >= 11 is 0. The van der Waals surface area contributed by atoms with Gasteiger partial charge in [-0.1, -0.05) is 42.5 Å². The van der Waals surface area contributed by atoms with Gasteiger partial charge in [0, 0.05) is 17.1 Å². The Balaban J connectivity index is 1.43. The lowest BCUT2D eigenvalue weighted by atomic mass is 10.0. The van der Waals surface area contributed by atoms with Gasteiger partial charge in [-0.3, -0.25) is 4.98 Å². The summed E-state index contributed by atoms with van der Waals surface area (Å²) in [5, 5.41) is 10.4. The fraction of sp³-hybridized carbons (Fsp3) is 0.0435. The monoisotopic (exact) mass is 355 g/mol. The largest absolute Gasteiger partial charge is 0.508 e. The normalized spacial score (nSPS) is 10.7. The van der Waals surface area contributed by atoms with Gasteiger partial charge in [0.15, 0.2) is 0 Å². The summed E-state index contributed by atoms with van der Waals surface area (Å²) in [6.45, 7) is 0.177. The molecule has 4 heteroatoms. The van der Waals surface area contributed by atoms with Crippen LogP contribution in [0.5, 0.6) is 5.75 Å². The van der Waals surface area contributed by atoms with E-state index in [0.29, 0.717) is 5.56 Å². The van der Waals surface area contributed by atoms with Crippen LogP contribution < -0.4 is 0 Å². The first kappa shape index (κ1) is 16.8. The first-order valence-electron chi connectivity index (χ1n) is 8.59. The molecule has 4 aromatic rings. The molecule has 0 aliphatic carbocycles. The molecule has 0 saturated carbocycles. The number of phenolic OH excluding ortho intramolecular Hbond substituents is 1. The van der Waals surface area contributed by atoms with E-state index in [0.717, 1.165) is 27.6 Å². The molecule has 0 spiro atoms. The number of esters is 1. The first-order valence-corrected chi connectivity index (χ1v) is 8.59. The second-order valence-corrected chi connectivity index (χ2v) is 6.24. The molecule has 3 aromatic carbocycles. The molecule has 1 heterocycles. The van der Waals surface area contributed by atoms with Crippen LogP contribution >= 0.6 is 0 Å². The van der Waals surface area contributed by atoms with Crippen molar-refractivity contribution in [2.75, 3.05) is 0 Å². The fourth-order valence-electron chi connectivity index (χ4n) is 2.88. The molecule has 0 amide bonds. The lowest BCUT2D eigenvalue weighted by Gasteiger charge is -2.07. The first-order chi connectivity index (χ1) is 13.2. The van der Waals surface area contributed by atoms with Crippen molar-refractivity contribution in [3.05, 3.63) is 96.2 Å². The second-order valence-electron chi connectivity index (χ2n) is 6.24. The van der Waals surface area contributed by atoms with Gasteiger partial charge in [0.05, 0.1) is 11.1 Å². The number of benzene rings is 3. The molecule has 1 N–H and O–H groups in total. The smallest absolute Gasteiger partial charge is 0.338 e. The van der Waals surface area contributed by atoms with E-state index in [2.05, 4.69) is 4.98 Å². The number of aromatic hydroxyl groups is 1. The van der Waals surface area contributed by atoms with Crippen LogP contribution in [-0.4, -0.2) is 16.1 Å². The number of hydrogen-bond donors (Lipinski definition) is 1. The van der Waals surface area contributed by atoms with Crippen LogP contribution in [0.1, 0.15) is 15.9 Å². The molecule has 132 valence electrons. The molecular formula is C23H17NO3. The van der Waals surface area contributed by atoms with Crippen LogP contribution in [-0.2, 0) is 11.3 Å². The Bertz CT molecular complexity index is 1090. The van der Waals surface area contributed by atoms with Gasteiger partial charge >= 0.3 is 5.97 Å². The summed E-state index contributed by atoms with van der Waals surface area (Å²) in [6.07, 6.45) is 1.73. The van der Waals surface area contributed by atoms with Crippen LogP contribution in [0.2, 0.25) is 0 Å². The Labute approximate surface area is 156 Å². The summed E-state index contributed by atoms with van der Waals surface area (Å²) in [4.78, 5) is 16.7. The van der Waals surface area contributed by atoms with E-state index in [9.17, 15) is 9.90 Å². The van der Waals surface area contributed by atoms with Gasteiger partial charge < -0.3 is 9.84 Å². The Morgan fingerprint density at radius 2 is 1.56 bits per heavy atom. The quantitative estimate of drug-likeness (QED) is 0.525. The molecular weight excluding hydrogens is 338 g/mol. The molecule has 0 aliphatic heterocycles. The molecule has 0 saturated heterocycles. The number of nitrogens with zero attached hydrogens (tertiary/aromatic N) is 1. The fourth-order valence-corrected chi connectivity index (χ4v) is 2.88. The van der Waals surface area contributed by atoms with Crippen molar-refractivity contribution in [1.82, 2.24) is 4.98 Å². The third-order valence-corrected chi connectivity index (χ3v) is 4.34. The number of aromatic nitrogens is 1. The summed E-state index contributed by atoms with van der Waals surface area (Å²) in [6, 6.07) is 23.9. The average molecular weight is 355 g/mol. The number of para-hydroxylation sites is 1. The van der Waals surface area contributed by atoms with Gasteiger partial charge in [0.25, 0.3) is 0 Å². The maximum absolute atomic E-state index is 12.3. The predicted molar refractivity (Wildman–Crippen MR) is 104 cm³/mol. The van der Waals surface area contributed by atoms with Crippen molar-refractivity contribution in [2.24, 2.45) is 0 Å². The Morgan fingerprint density at radius 3 is 2.30 bits per heavy atom. The molecule has 0 radical (unpaired) electrons. The molecule has 0 aliphatic rings. The van der Waals surface area contributed by atoms with Gasteiger partial charge in [-0.2, -0.15) is 0 Å². The Kier molecular flexibility index (Phi) is 4.54. The topological polar surface area (TPSA) is 59.4 Å². The zero-order valence-corrected chi connectivity index (χ0v) is 14.5. The molecule has 27 heavy (non-hydrogen) atoms. The van der Waals surface area contributed by atoms with Crippen molar-refractivity contribution in [2.45, 2.75) is 6.61 Å². The van der Waals surface area contributed by atoms with Crippen LogP contribution in [0.15, 0.2) is 85.1 Å². The minimum absolute atomic E-state index is 0.177. The predicted octanol–water partition coefficient (Wildman–Crippen LogP) is 4.96. The van der Waals surface area contributed by atoms with E-state index < -0.39 is 0 Å². The van der Waals surface area contributed by atoms with E-state index in [4.69, 9.17) is 4.74 Å². The zero-order chi connectivity index (χ0) is 18.6. The van der Waals surface area contributed by atoms with E-state index >= 15 is 0 Å². The zero-order valence-electron chi connectivity index (χ0n) is 14.5. The van der Waals surface area contributed by atoms with Crippen molar-refractivity contribution >= 4 is 16.9 Å². The number of carbonyl (C=O) groups excluding carboxylic acids is 1. The van der Waals surface area contributed by atoms with E-state index in [1.54, 1.807) is 30.5 Å². The minimum atomic E-state index is -0.375. The maximum Gasteiger partial charge on any atom is 0.338 e. The number of rotatable bonds is 4. The van der Waals surface area contributed by atoms with Crippen molar-refractivity contribution in [3.63, 3.8) is 0 Å². The van der Waals surface area contributed by atoms with Gasteiger partial charge in [0.2, 0.25) is 0 Å². The summed E-state index contributed by atoms with van der Waals surface area (Å²) in [7, 11) is 0. The number of hydrogen-bond acceptors (Lipinski definition) is 4. The second kappa shape index (κ2) is 7.30. The van der Waals surface area contributed by atoms with Gasteiger partial charge in [-0.25, -0.2) is 4.79 Å². The van der Waals surface area contributed by atoms with Gasteiger partial charge in [-0.15, -0.1) is 0 Å². The summed E-state index contributed by atoms with van der Waals surface area (Å²) in [5.41, 5.74) is 4.19. The van der Waals surface area contributed by atoms with Crippen LogP contribution in [0.4, 0.5) is 0 Å². The number of phenols is 1. The molecule has 0 unspecified atom stereocenters. The van der Waals surface area contributed by atoms with Crippen LogP contribution in [0.25, 0.3) is 22.0 Å². The third-order valence-electron chi connectivity index (χ3n) is 4.34. The van der Waals surface area contributed by atoms with Gasteiger partial charge in [0.1, 0.15) is 12.4 Å². The molecule has 1 aromatic heterocycles. The lowest BCUT2D eigenvalue weighted by molar-refractivity contribution is 0.0472. The van der Waals surface area contributed by atoms with Crippen molar-refractivity contribution < 1.29 is 14.6 Å². The van der Waals surface area contributed by atoms with E-state index in [1.165, 1.54) is 0 Å². The van der Waals surface area contributed by atoms with E-state index in [1.807, 2.05) is 54.6 Å². The van der Waals surface area contributed by atoms with Crippen LogP contribution in [0, 0.1) is 0 Å². The highest BCUT2D eigenvalue weighted by atomic mass is 16.5. The Morgan fingerprint density at radius 1 is 0.889 bits per heavy atom. The number of fused-ring (bicyclic) bond motifs is 1. The van der Waals surface area contributed by atoms with Gasteiger partial charge in [-0.05, 0) is 47.5 Å². The van der Waals surface area contributed by atoms with E-state index in [-0.39, 0.29) is 18.3 Å². The van der Waals surface area contributed by atoms with Crippen LogP contribution in [0.3, 0.4) is 0 Å². The highest BCUT2D eigenvalue weighted by molar-refractivity contribution is 5.90. The van der Waals surface area contributed by atoms with Crippen molar-refractivity contribution in [1.29, 1.82) is 0 Å². The molecule has 4 rings (SSSR count). The minimum Gasteiger partial charge on any atom is -0.508 e. The summed E-state index contributed by atoms with van der Waals surface area (Å²) in [5.74, 6) is -0.150. The molecule has 4 nitrogen and oxygen atoms in total.